The molecule has 0 aliphatic carbocycles. The minimum atomic E-state index is -1.36. The number of anilines is 5. The van der Waals surface area contributed by atoms with Crippen molar-refractivity contribution in [2.75, 3.05) is 34.2 Å². The van der Waals surface area contributed by atoms with Crippen LogP contribution in [0.25, 0.3) is 0 Å². The summed E-state index contributed by atoms with van der Waals surface area (Å²) in [6, 6.07) is 7.08. The van der Waals surface area contributed by atoms with Crippen LogP contribution in [0.1, 0.15) is 25.3 Å². The van der Waals surface area contributed by atoms with Gasteiger partial charge in [-0.2, -0.15) is 9.97 Å². The fraction of sp³-hybridized carbons (Fsp3) is 0.455. The van der Waals surface area contributed by atoms with Crippen molar-refractivity contribution >= 4 is 40.8 Å². The van der Waals surface area contributed by atoms with Crippen molar-refractivity contribution < 1.29 is 34.8 Å². The van der Waals surface area contributed by atoms with Gasteiger partial charge >= 0.3 is 5.97 Å². The molecule has 1 saturated heterocycles. The summed E-state index contributed by atoms with van der Waals surface area (Å²) in [5.41, 5.74) is 10.7. The summed E-state index contributed by atoms with van der Waals surface area (Å²) in [6.07, 6.45) is -4.11. The van der Waals surface area contributed by atoms with Crippen LogP contribution in [0, 0.1) is 0 Å². The highest BCUT2D eigenvalue weighted by Gasteiger charge is 2.49. The van der Waals surface area contributed by atoms with Gasteiger partial charge in [-0.15, -0.1) is 0 Å². The number of aliphatic carboxylic acids is 1. The van der Waals surface area contributed by atoms with Gasteiger partial charge in [-0.1, -0.05) is 19.1 Å². The number of nitrogen functional groups attached to an aromatic ring is 1. The second kappa shape index (κ2) is 10.5. The molecule has 1 amide bonds. The Hall–Kier alpha value is -3.72. The average molecular weight is 504 g/mol. The minimum Gasteiger partial charge on any atom is -0.481 e. The molecule has 0 bridgehead atoms. The molecular weight excluding hydrogens is 474 g/mol. The van der Waals surface area contributed by atoms with Crippen LogP contribution in [0.15, 0.2) is 24.3 Å². The molecule has 2 aliphatic rings. The first-order chi connectivity index (χ1) is 17.2. The molecule has 0 saturated carbocycles. The molecule has 1 aromatic heterocycles. The summed E-state index contributed by atoms with van der Waals surface area (Å²) in [7, 11) is 0. The Morgan fingerprint density at radius 3 is 2.53 bits per heavy atom. The summed E-state index contributed by atoms with van der Waals surface area (Å²) >= 11 is 0. The van der Waals surface area contributed by atoms with E-state index in [1.165, 1.54) is 9.91 Å². The van der Waals surface area contributed by atoms with Gasteiger partial charge in [-0.3, -0.25) is 20.0 Å². The quantitative estimate of drug-likeness (QED) is 0.226. The molecule has 194 valence electrons. The number of fused-ring (bicyclic) bond motifs is 1. The second-order valence-electron chi connectivity index (χ2n) is 8.48. The molecule has 2 aliphatic heterocycles. The van der Waals surface area contributed by atoms with Crippen molar-refractivity contribution in [1.29, 1.82) is 0 Å². The lowest BCUT2D eigenvalue weighted by Crippen LogP contribution is -2.50. The van der Waals surface area contributed by atoms with E-state index in [1.807, 2.05) is 0 Å². The predicted octanol–water partition coefficient (Wildman–Crippen LogP) is -0.716. The lowest BCUT2D eigenvalue weighted by atomic mass is 10.1. The Morgan fingerprint density at radius 2 is 1.92 bits per heavy atom. The fourth-order valence-corrected chi connectivity index (χ4v) is 4.06. The number of nitrogens with two attached hydrogens (primary N) is 1. The minimum absolute atomic E-state index is 0.00568. The molecule has 1 fully saturated rings. The number of ether oxygens (including phenoxy) is 1. The molecule has 2 aromatic rings. The van der Waals surface area contributed by atoms with Crippen LogP contribution in [0.5, 0.6) is 0 Å². The van der Waals surface area contributed by atoms with Gasteiger partial charge in [0.1, 0.15) is 30.7 Å². The van der Waals surface area contributed by atoms with E-state index in [9.17, 15) is 24.9 Å². The van der Waals surface area contributed by atoms with Crippen molar-refractivity contribution in [3.8, 4) is 0 Å². The van der Waals surface area contributed by atoms with Gasteiger partial charge in [0, 0.05) is 18.5 Å². The molecule has 8 N–H and O–H groups in total. The molecule has 14 nitrogen and oxygen atoms in total. The largest absolute Gasteiger partial charge is 0.481 e. The van der Waals surface area contributed by atoms with Crippen molar-refractivity contribution in [2.24, 2.45) is 0 Å². The fourth-order valence-electron chi connectivity index (χ4n) is 4.06. The van der Waals surface area contributed by atoms with E-state index in [2.05, 4.69) is 20.7 Å². The van der Waals surface area contributed by atoms with E-state index < -0.39 is 37.1 Å². The molecule has 0 radical (unpaired) electrons. The molecule has 36 heavy (non-hydrogen) atoms. The van der Waals surface area contributed by atoms with Gasteiger partial charge in [0.25, 0.3) is 0 Å². The third-order valence-corrected chi connectivity index (χ3v) is 5.97. The number of nitrogens with one attached hydrogen (secondary N) is 2. The molecule has 1 aromatic carbocycles. The number of carboxylic acids is 1. The molecule has 4 rings (SSSR count). The maximum atomic E-state index is 12.1. The highest BCUT2D eigenvalue weighted by molar-refractivity contribution is 5.87. The third kappa shape index (κ3) is 5.11. The summed E-state index contributed by atoms with van der Waals surface area (Å²) in [4.78, 5) is 33.2. The number of carboxylic acid groups (broad SMARTS) is 1. The van der Waals surface area contributed by atoms with E-state index in [-0.39, 0.29) is 43.0 Å². The number of nitrogens with zero attached hydrogens (tertiary/aromatic N) is 4. The molecule has 0 spiro atoms. The normalized spacial score (nSPS) is 23.0. The number of aliphatic hydroxyl groups excluding tert-OH is 3. The number of aliphatic hydroxyl groups is 3. The lowest BCUT2D eigenvalue weighted by molar-refractivity contribution is -0.137. The number of hydrogen-bond acceptors (Lipinski definition) is 12. The van der Waals surface area contributed by atoms with Crippen LogP contribution >= 0.6 is 0 Å². The van der Waals surface area contributed by atoms with Crippen molar-refractivity contribution in [1.82, 2.24) is 15.4 Å². The van der Waals surface area contributed by atoms with Crippen LogP contribution in [-0.2, 0) is 20.7 Å². The number of carbonyl (C=O) groups is 2. The summed E-state index contributed by atoms with van der Waals surface area (Å²) in [6.45, 7) is 1.19. The van der Waals surface area contributed by atoms with Crippen molar-refractivity contribution in [2.45, 2.75) is 50.7 Å². The number of carbonyl (C=O) groups excluding carboxylic acids is 1. The van der Waals surface area contributed by atoms with Crippen LogP contribution < -0.4 is 26.4 Å². The zero-order valence-electron chi connectivity index (χ0n) is 19.5. The van der Waals surface area contributed by atoms with Crippen molar-refractivity contribution in [3.05, 3.63) is 29.8 Å². The highest BCUT2D eigenvalue weighted by atomic mass is 16.6. The number of aryl methyl sites for hydroxylation is 1. The number of aromatic nitrogens is 2. The average Bonchev–Trinajstić information content (AvgIpc) is 3.35. The Kier molecular flexibility index (Phi) is 7.40. The van der Waals surface area contributed by atoms with E-state index in [0.29, 0.717) is 17.8 Å². The standard InChI is InChI=1S/C22H29N7O7/c1-2-14(31)27-29-10-28(21-18(35)17(34)13(9-30)36-21)20-16(29)19(23)25-22(26-20)24-12-6-3-11(4-7-12)5-8-15(32)33/h3-4,6-7,13,17-18,21,30,34-35H,2,5,8-10H2,1H3,(H,27,31)(H,32,33)(H3,23,24,25,26)/t13-,17?,18?,21-/m1/s1. The van der Waals surface area contributed by atoms with E-state index in [0.717, 1.165) is 5.56 Å². The molecule has 14 heteroatoms. The van der Waals surface area contributed by atoms with Gasteiger partial charge in [0.2, 0.25) is 11.9 Å². The van der Waals surface area contributed by atoms with Crippen LogP contribution in [-0.4, -0.2) is 80.1 Å². The maximum Gasteiger partial charge on any atom is 0.303 e. The molecule has 2 unspecified atom stereocenters. The zero-order chi connectivity index (χ0) is 26.0. The Morgan fingerprint density at radius 1 is 1.19 bits per heavy atom. The first kappa shape index (κ1) is 25.4. The first-order valence-electron chi connectivity index (χ1n) is 11.4. The second-order valence-corrected chi connectivity index (χ2v) is 8.48. The summed E-state index contributed by atoms with van der Waals surface area (Å²) in [5, 5.41) is 43.6. The Balaban J connectivity index is 1.62. The van der Waals surface area contributed by atoms with E-state index in [1.54, 1.807) is 31.2 Å². The van der Waals surface area contributed by atoms with Gasteiger partial charge in [-0.05, 0) is 24.1 Å². The topological polar surface area (TPSA) is 207 Å². The maximum absolute atomic E-state index is 12.1. The highest BCUT2D eigenvalue weighted by Crippen LogP contribution is 2.41. The number of benzene rings is 1. The van der Waals surface area contributed by atoms with E-state index >= 15 is 0 Å². The number of rotatable bonds is 9. The summed E-state index contributed by atoms with van der Waals surface area (Å²) in [5.74, 6) is -0.735. The van der Waals surface area contributed by atoms with Gasteiger partial charge in [-0.25, -0.2) is 0 Å². The molecule has 4 atom stereocenters. The van der Waals surface area contributed by atoms with Crippen molar-refractivity contribution in [3.63, 3.8) is 0 Å². The number of hydrogen-bond donors (Lipinski definition) is 7. The van der Waals surface area contributed by atoms with E-state index in [4.69, 9.17) is 15.6 Å². The Labute approximate surface area is 206 Å². The van der Waals surface area contributed by atoms with Gasteiger partial charge in [0.15, 0.2) is 17.9 Å². The smallest absolute Gasteiger partial charge is 0.303 e. The molecular formula is C22H29N7O7. The van der Waals surface area contributed by atoms with Crippen LogP contribution in [0.2, 0.25) is 0 Å². The Bertz CT molecular complexity index is 1120. The van der Waals surface area contributed by atoms with Gasteiger partial charge in [0.05, 0.1) is 6.61 Å². The zero-order valence-corrected chi connectivity index (χ0v) is 19.5. The first-order valence-corrected chi connectivity index (χ1v) is 11.4. The molecule has 3 heterocycles. The monoisotopic (exact) mass is 503 g/mol. The number of hydrazine groups is 1. The third-order valence-electron chi connectivity index (χ3n) is 5.97. The van der Waals surface area contributed by atoms with Crippen LogP contribution in [0.4, 0.5) is 29.0 Å². The SMILES string of the molecule is CCC(=O)NN1CN([C@@H]2O[C@H](CO)C(O)C2O)c2nc(Nc3ccc(CCC(=O)O)cc3)nc(N)c21. The summed E-state index contributed by atoms with van der Waals surface area (Å²) < 4.78 is 5.68. The lowest BCUT2D eigenvalue weighted by Gasteiger charge is -2.28. The predicted molar refractivity (Wildman–Crippen MR) is 128 cm³/mol. The van der Waals surface area contributed by atoms with Gasteiger partial charge < -0.3 is 41.1 Å². The van der Waals surface area contributed by atoms with Crippen LogP contribution in [0.3, 0.4) is 0 Å². The number of amides is 1.